The van der Waals surface area contributed by atoms with Gasteiger partial charge in [0.25, 0.3) is 0 Å². The third kappa shape index (κ3) is 1.78. The number of rotatable bonds is 1. The lowest BCUT2D eigenvalue weighted by atomic mass is 9.90. The zero-order valence-corrected chi connectivity index (χ0v) is 9.66. The number of nitrogens with zero attached hydrogens (tertiary/aromatic N) is 1. The van der Waals surface area contributed by atoms with Crippen LogP contribution in [-0.4, -0.2) is 15.8 Å². The third-order valence-electron chi connectivity index (χ3n) is 2.40. The van der Waals surface area contributed by atoms with Gasteiger partial charge >= 0.3 is 0 Å². The Bertz CT molecular complexity index is 549. The van der Waals surface area contributed by atoms with E-state index in [-0.39, 0.29) is 5.78 Å². The van der Waals surface area contributed by atoms with Crippen LogP contribution >= 0.6 is 0 Å². The molecule has 0 aliphatic heterocycles. The number of anilines is 1. The molecule has 0 radical (unpaired) electrons. The van der Waals surface area contributed by atoms with E-state index in [1.54, 1.807) is 12.1 Å². The van der Waals surface area contributed by atoms with E-state index in [4.69, 9.17) is 5.73 Å². The maximum absolute atomic E-state index is 12.0. The maximum Gasteiger partial charge on any atom is 0.203 e. The fraction of sp³-hybridized carbons (Fsp3) is 0.333. The number of aromatic amines is 1. The van der Waals surface area contributed by atoms with Gasteiger partial charge in [0.2, 0.25) is 5.78 Å². The predicted octanol–water partition coefficient (Wildman–Crippen LogP) is 2.37. The molecule has 0 aliphatic carbocycles. The molecule has 4 heteroatoms. The van der Waals surface area contributed by atoms with Crippen LogP contribution in [0.4, 0.5) is 5.69 Å². The summed E-state index contributed by atoms with van der Waals surface area (Å²) in [6, 6.07) is 5.37. The summed E-state index contributed by atoms with van der Waals surface area (Å²) in [4.78, 5) is 19.3. The van der Waals surface area contributed by atoms with Crippen LogP contribution in [0.5, 0.6) is 0 Å². The van der Waals surface area contributed by atoms with Crippen LogP contribution < -0.4 is 5.73 Å². The number of nitrogen functional groups attached to an aromatic ring is 1. The lowest BCUT2D eigenvalue weighted by molar-refractivity contribution is 0.0848. The first-order valence-corrected chi connectivity index (χ1v) is 5.18. The van der Waals surface area contributed by atoms with Gasteiger partial charge in [0.15, 0.2) is 5.82 Å². The quantitative estimate of drug-likeness (QED) is 0.569. The highest BCUT2D eigenvalue weighted by Crippen LogP contribution is 2.22. The second kappa shape index (κ2) is 3.33. The van der Waals surface area contributed by atoms with Crippen LogP contribution in [0.25, 0.3) is 11.0 Å². The van der Waals surface area contributed by atoms with Crippen molar-refractivity contribution in [2.75, 3.05) is 5.73 Å². The van der Waals surface area contributed by atoms with Crippen LogP contribution in [0, 0.1) is 5.41 Å². The molecule has 0 fully saturated rings. The second-order valence-corrected chi connectivity index (χ2v) is 4.94. The van der Waals surface area contributed by atoms with Crippen molar-refractivity contribution in [1.29, 1.82) is 0 Å². The van der Waals surface area contributed by atoms with Gasteiger partial charge in [-0.2, -0.15) is 0 Å². The molecule has 0 saturated carbocycles. The van der Waals surface area contributed by atoms with Gasteiger partial charge < -0.3 is 10.7 Å². The van der Waals surface area contributed by atoms with Gasteiger partial charge in [-0.3, -0.25) is 4.79 Å². The molecule has 1 aromatic heterocycles. The number of hydrogen-bond donors (Lipinski definition) is 2. The van der Waals surface area contributed by atoms with Crippen LogP contribution in [0.2, 0.25) is 0 Å². The molecule has 4 nitrogen and oxygen atoms in total. The van der Waals surface area contributed by atoms with Crippen molar-refractivity contribution in [2.24, 2.45) is 5.41 Å². The molecule has 16 heavy (non-hydrogen) atoms. The van der Waals surface area contributed by atoms with E-state index in [9.17, 15) is 4.79 Å². The highest BCUT2D eigenvalue weighted by molar-refractivity contribution is 5.99. The van der Waals surface area contributed by atoms with Crippen molar-refractivity contribution >= 4 is 22.5 Å². The number of hydrogen-bond acceptors (Lipinski definition) is 3. The summed E-state index contributed by atoms with van der Waals surface area (Å²) in [7, 11) is 0. The number of fused-ring (bicyclic) bond motifs is 1. The monoisotopic (exact) mass is 217 g/mol. The molecule has 0 aliphatic rings. The molecule has 1 heterocycles. The predicted molar refractivity (Wildman–Crippen MR) is 64.3 cm³/mol. The fourth-order valence-corrected chi connectivity index (χ4v) is 1.49. The van der Waals surface area contributed by atoms with Crippen LogP contribution in [-0.2, 0) is 0 Å². The standard InChI is InChI=1S/C12H15N3O/c1-12(2,3)10(16)11-14-8-5-4-7(13)6-9(8)15-11/h4-6H,13H2,1-3H3,(H,14,15). The van der Waals surface area contributed by atoms with Gasteiger partial charge in [0, 0.05) is 11.1 Å². The Labute approximate surface area is 93.9 Å². The Kier molecular flexibility index (Phi) is 2.22. The lowest BCUT2D eigenvalue weighted by Crippen LogP contribution is -2.21. The molecule has 3 N–H and O–H groups in total. The number of imidazole rings is 1. The summed E-state index contributed by atoms with van der Waals surface area (Å²) < 4.78 is 0. The molecule has 0 saturated heterocycles. The number of ketones is 1. The summed E-state index contributed by atoms with van der Waals surface area (Å²) in [6.07, 6.45) is 0. The Morgan fingerprint density at radius 2 is 2.06 bits per heavy atom. The first kappa shape index (κ1) is 10.7. The molecule has 1 aromatic carbocycles. The van der Waals surface area contributed by atoms with Crippen LogP contribution in [0.15, 0.2) is 18.2 Å². The highest BCUT2D eigenvalue weighted by Gasteiger charge is 2.25. The van der Waals surface area contributed by atoms with Crippen molar-refractivity contribution in [3.05, 3.63) is 24.0 Å². The largest absolute Gasteiger partial charge is 0.399 e. The number of nitrogens with one attached hydrogen (secondary N) is 1. The fourth-order valence-electron chi connectivity index (χ4n) is 1.49. The van der Waals surface area contributed by atoms with Crippen molar-refractivity contribution in [3.8, 4) is 0 Å². The number of carbonyl (C=O) groups excluding carboxylic acids is 1. The average molecular weight is 217 g/mol. The van der Waals surface area contributed by atoms with Crippen molar-refractivity contribution in [3.63, 3.8) is 0 Å². The Hall–Kier alpha value is -1.84. The molecular formula is C12H15N3O. The summed E-state index contributed by atoms with van der Waals surface area (Å²) in [6.45, 7) is 5.62. The number of nitrogens with two attached hydrogens (primary N) is 1. The van der Waals surface area contributed by atoms with Crippen molar-refractivity contribution in [1.82, 2.24) is 9.97 Å². The van der Waals surface area contributed by atoms with E-state index < -0.39 is 5.41 Å². The number of aromatic nitrogens is 2. The minimum absolute atomic E-state index is 0.00210. The topological polar surface area (TPSA) is 71.8 Å². The van der Waals surface area contributed by atoms with E-state index in [1.165, 1.54) is 0 Å². The molecule has 0 amide bonds. The summed E-state index contributed by atoms with van der Waals surface area (Å²) in [5.74, 6) is 0.398. The number of benzene rings is 1. The van der Waals surface area contributed by atoms with E-state index in [0.717, 1.165) is 11.0 Å². The molecule has 2 rings (SSSR count). The van der Waals surface area contributed by atoms with Crippen LogP contribution in [0.1, 0.15) is 31.4 Å². The highest BCUT2D eigenvalue weighted by atomic mass is 16.1. The molecule has 84 valence electrons. The minimum atomic E-state index is -0.431. The Balaban J connectivity index is 2.52. The van der Waals surface area contributed by atoms with E-state index in [1.807, 2.05) is 26.8 Å². The average Bonchev–Trinajstić information content (AvgIpc) is 2.57. The maximum atomic E-state index is 12.0. The van der Waals surface area contributed by atoms with Gasteiger partial charge in [-0.05, 0) is 18.2 Å². The molecular weight excluding hydrogens is 202 g/mol. The zero-order valence-electron chi connectivity index (χ0n) is 9.66. The molecule has 2 aromatic rings. The van der Waals surface area contributed by atoms with Gasteiger partial charge in [-0.1, -0.05) is 20.8 Å². The Morgan fingerprint density at radius 1 is 1.38 bits per heavy atom. The molecule has 0 bridgehead atoms. The SMILES string of the molecule is CC(C)(C)C(=O)c1nc2cc(N)ccc2[nH]1. The summed E-state index contributed by atoms with van der Waals surface area (Å²) in [5.41, 5.74) is 7.44. The van der Waals surface area contributed by atoms with Gasteiger partial charge in [-0.15, -0.1) is 0 Å². The smallest absolute Gasteiger partial charge is 0.203 e. The summed E-state index contributed by atoms with van der Waals surface area (Å²) >= 11 is 0. The molecule has 0 unspecified atom stereocenters. The second-order valence-electron chi connectivity index (χ2n) is 4.94. The van der Waals surface area contributed by atoms with E-state index in [2.05, 4.69) is 9.97 Å². The summed E-state index contributed by atoms with van der Waals surface area (Å²) in [5, 5.41) is 0. The van der Waals surface area contributed by atoms with E-state index >= 15 is 0 Å². The van der Waals surface area contributed by atoms with Gasteiger partial charge in [-0.25, -0.2) is 4.98 Å². The van der Waals surface area contributed by atoms with Crippen molar-refractivity contribution in [2.45, 2.75) is 20.8 Å². The van der Waals surface area contributed by atoms with Gasteiger partial charge in [0.05, 0.1) is 11.0 Å². The number of Topliss-reactive ketones (excluding diaryl/α,β-unsaturated/α-hetero) is 1. The third-order valence-corrected chi connectivity index (χ3v) is 2.40. The van der Waals surface area contributed by atoms with Crippen LogP contribution in [0.3, 0.4) is 0 Å². The number of carbonyl (C=O) groups is 1. The first-order chi connectivity index (χ1) is 7.38. The molecule has 0 spiro atoms. The van der Waals surface area contributed by atoms with E-state index in [0.29, 0.717) is 11.5 Å². The Morgan fingerprint density at radius 3 is 2.69 bits per heavy atom. The zero-order chi connectivity index (χ0) is 11.9. The first-order valence-electron chi connectivity index (χ1n) is 5.18. The minimum Gasteiger partial charge on any atom is -0.399 e. The number of H-pyrrole nitrogens is 1. The normalized spacial score (nSPS) is 11.9. The van der Waals surface area contributed by atoms with Crippen molar-refractivity contribution < 1.29 is 4.79 Å². The molecule has 0 atom stereocenters. The van der Waals surface area contributed by atoms with Gasteiger partial charge in [0.1, 0.15) is 0 Å². The lowest BCUT2D eigenvalue weighted by Gasteiger charge is -2.13.